The van der Waals surface area contributed by atoms with Crippen molar-refractivity contribution >= 4 is 40.6 Å². The zero-order valence-corrected chi connectivity index (χ0v) is 17.8. The van der Waals surface area contributed by atoms with Gasteiger partial charge in [0.25, 0.3) is 0 Å². The third-order valence-electron chi connectivity index (χ3n) is 4.44. The number of rotatable bonds is 8. The van der Waals surface area contributed by atoms with E-state index in [1.807, 2.05) is 18.7 Å². The Hall–Kier alpha value is -3.21. The molecule has 0 saturated carbocycles. The topological polar surface area (TPSA) is 111 Å². The summed E-state index contributed by atoms with van der Waals surface area (Å²) >= 11 is 5.51. The van der Waals surface area contributed by atoms with E-state index in [1.165, 1.54) is 6.07 Å². The molecule has 0 bridgehead atoms. The molecule has 0 spiro atoms. The molecule has 0 aliphatic heterocycles. The number of benzene rings is 1. The Morgan fingerprint density at radius 2 is 2.06 bits per heavy atom. The Morgan fingerprint density at radius 1 is 1.29 bits per heavy atom. The number of nitrogen functional groups attached to an aromatic ring is 1. The number of halogens is 3. The molecular formula is C19H22ClF2N7O2. The lowest BCUT2D eigenvalue weighted by atomic mass is 10.2. The molecule has 2 heterocycles. The molecule has 0 aliphatic rings. The molecule has 9 nitrogen and oxygen atoms in total. The number of hydrogen-bond acceptors (Lipinski definition) is 7. The van der Waals surface area contributed by atoms with E-state index >= 15 is 0 Å². The molecule has 31 heavy (non-hydrogen) atoms. The van der Waals surface area contributed by atoms with Crippen LogP contribution in [0.2, 0.25) is 5.02 Å². The Labute approximate surface area is 182 Å². The molecule has 0 radical (unpaired) electrons. The number of nitrogens with two attached hydrogens (primary N) is 1. The molecule has 1 amide bonds. The first-order valence-electron chi connectivity index (χ1n) is 9.46. The fourth-order valence-electron chi connectivity index (χ4n) is 2.79. The molecule has 3 aromatic rings. The number of carbonyl (C=O) groups excluding carboxylic acids is 1. The summed E-state index contributed by atoms with van der Waals surface area (Å²) in [5.41, 5.74) is 7.18. The second-order valence-corrected chi connectivity index (χ2v) is 7.32. The van der Waals surface area contributed by atoms with Crippen molar-refractivity contribution in [1.82, 2.24) is 24.8 Å². The second kappa shape index (κ2) is 9.73. The maximum Gasteiger partial charge on any atom is 0.407 e. The van der Waals surface area contributed by atoms with E-state index in [2.05, 4.69) is 20.3 Å². The number of alkyl carbamates (subject to hydrolysis) is 1. The molecule has 0 fully saturated rings. The van der Waals surface area contributed by atoms with Crippen LogP contribution in [-0.4, -0.2) is 46.3 Å². The van der Waals surface area contributed by atoms with Crippen LogP contribution in [0.15, 0.2) is 18.5 Å². The molecule has 166 valence electrons. The highest BCUT2D eigenvalue weighted by molar-refractivity contribution is 6.30. The molecule has 0 atom stereocenters. The largest absolute Gasteiger partial charge is 0.450 e. The lowest BCUT2D eigenvalue weighted by Gasteiger charge is -2.11. The number of hydrogen-bond donors (Lipinski definition) is 2. The number of ether oxygens (including phenoxy) is 1. The zero-order valence-electron chi connectivity index (χ0n) is 17.0. The van der Waals surface area contributed by atoms with Gasteiger partial charge in [0.15, 0.2) is 11.5 Å². The Morgan fingerprint density at radius 3 is 2.81 bits per heavy atom. The van der Waals surface area contributed by atoms with Gasteiger partial charge in [-0.2, -0.15) is 9.97 Å². The van der Waals surface area contributed by atoms with Crippen LogP contribution in [0, 0.1) is 11.6 Å². The van der Waals surface area contributed by atoms with Crippen molar-refractivity contribution in [2.24, 2.45) is 0 Å². The van der Waals surface area contributed by atoms with E-state index in [0.717, 1.165) is 6.07 Å². The van der Waals surface area contributed by atoms with Gasteiger partial charge in [-0.15, -0.1) is 0 Å². The van der Waals surface area contributed by atoms with Crippen LogP contribution >= 0.6 is 11.6 Å². The third-order valence-corrected chi connectivity index (χ3v) is 4.79. The van der Waals surface area contributed by atoms with Crippen molar-refractivity contribution in [1.29, 1.82) is 0 Å². The van der Waals surface area contributed by atoms with Crippen LogP contribution in [0.5, 0.6) is 0 Å². The fraction of sp³-hybridized carbons (Fsp3) is 0.368. The van der Waals surface area contributed by atoms with Crippen LogP contribution in [0.1, 0.15) is 18.4 Å². The predicted molar refractivity (Wildman–Crippen MR) is 113 cm³/mol. The van der Waals surface area contributed by atoms with Gasteiger partial charge in [-0.3, -0.25) is 0 Å². The number of unbranched alkanes of at least 4 members (excludes halogenated alkanes) is 1. The summed E-state index contributed by atoms with van der Waals surface area (Å²) in [6, 6.07) is 2.25. The maximum atomic E-state index is 13.8. The average molecular weight is 454 g/mol. The van der Waals surface area contributed by atoms with Crippen molar-refractivity contribution in [2.45, 2.75) is 25.9 Å². The van der Waals surface area contributed by atoms with Crippen molar-refractivity contribution in [3.05, 3.63) is 40.7 Å². The highest BCUT2D eigenvalue weighted by Gasteiger charge is 2.14. The number of imidazole rings is 1. The Kier molecular flexibility index (Phi) is 7.06. The van der Waals surface area contributed by atoms with Gasteiger partial charge in [-0.25, -0.2) is 18.6 Å². The normalized spacial score (nSPS) is 11.0. The highest BCUT2D eigenvalue weighted by atomic mass is 35.5. The molecule has 0 aliphatic carbocycles. The smallest absolute Gasteiger partial charge is 0.407 e. The monoisotopic (exact) mass is 453 g/mol. The van der Waals surface area contributed by atoms with Gasteiger partial charge >= 0.3 is 6.09 Å². The minimum absolute atomic E-state index is 0.0636. The van der Waals surface area contributed by atoms with E-state index < -0.39 is 22.8 Å². The molecule has 3 N–H and O–H groups in total. The number of carbonyl (C=O) groups is 1. The van der Waals surface area contributed by atoms with Crippen molar-refractivity contribution in [2.75, 3.05) is 31.3 Å². The molecule has 3 rings (SSSR count). The second-order valence-electron chi connectivity index (χ2n) is 6.94. The standard InChI is InChI=1S/C19H22ClF2N7O2/c1-28(2)18-26-16(23)15-17(27-18)29(10-25-15)7-3-4-8-31-19(30)24-9-11-5-6-12(21)13(20)14(11)22/h5-6,10H,3-4,7-9H2,1-2H3,(H,24,30)(H2,23,26,27). The van der Waals surface area contributed by atoms with Crippen LogP contribution in [0.3, 0.4) is 0 Å². The van der Waals surface area contributed by atoms with Gasteiger partial charge in [-0.1, -0.05) is 17.7 Å². The number of aromatic nitrogens is 4. The summed E-state index contributed by atoms with van der Waals surface area (Å²) in [5.74, 6) is -0.961. The van der Waals surface area contributed by atoms with E-state index in [9.17, 15) is 13.6 Å². The van der Waals surface area contributed by atoms with Gasteiger partial charge in [0.05, 0.1) is 12.9 Å². The third kappa shape index (κ3) is 5.29. The molecular weight excluding hydrogens is 432 g/mol. The van der Waals surface area contributed by atoms with Crippen molar-refractivity contribution in [3.63, 3.8) is 0 Å². The van der Waals surface area contributed by atoms with Crippen molar-refractivity contribution in [3.8, 4) is 0 Å². The summed E-state index contributed by atoms with van der Waals surface area (Å²) in [4.78, 5) is 26.5. The number of fused-ring (bicyclic) bond motifs is 1. The number of anilines is 2. The number of amides is 1. The molecule has 2 aromatic heterocycles. The van der Waals surface area contributed by atoms with Crippen LogP contribution < -0.4 is 16.0 Å². The number of nitrogens with one attached hydrogen (secondary N) is 1. The predicted octanol–water partition coefficient (Wildman–Crippen LogP) is 3.11. The Balaban J connectivity index is 1.44. The van der Waals surface area contributed by atoms with Gasteiger partial charge in [-0.05, 0) is 18.9 Å². The summed E-state index contributed by atoms with van der Waals surface area (Å²) in [6.45, 7) is 0.607. The SMILES string of the molecule is CN(C)c1nc(N)c2ncn(CCCCOC(=O)NCc3ccc(F)c(Cl)c3F)c2n1. The quantitative estimate of drug-likeness (QED) is 0.398. The van der Waals surface area contributed by atoms with Crippen LogP contribution in [0.25, 0.3) is 11.2 Å². The van der Waals surface area contributed by atoms with E-state index in [0.29, 0.717) is 42.3 Å². The molecule has 12 heteroatoms. The summed E-state index contributed by atoms with van der Waals surface area (Å²) < 4.78 is 33.9. The van der Waals surface area contributed by atoms with Crippen LogP contribution in [-0.2, 0) is 17.8 Å². The van der Waals surface area contributed by atoms with Gasteiger partial charge in [0.2, 0.25) is 5.95 Å². The van der Waals surface area contributed by atoms with E-state index in [-0.39, 0.29) is 18.7 Å². The number of aryl methyl sites for hydroxylation is 1. The highest BCUT2D eigenvalue weighted by Crippen LogP contribution is 2.22. The first-order valence-corrected chi connectivity index (χ1v) is 9.84. The first-order chi connectivity index (χ1) is 14.8. The minimum Gasteiger partial charge on any atom is -0.450 e. The minimum atomic E-state index is -0.906. The maximum absolute atomic E-state index is 13.8. The lowest BCUT2D eigenvalue weighted by Crippen LogP contribution is -2.24. The van der Waals surface area contributed by atoms with E-state index in [1.54, 1.807) is 11.2 Å². The van der Waals surface area contributed by atoms with Gasteiger partial charge in [0.1, 0.15) is 22.2 Å². The summed E-state index contributed by atoms with van der Waals surface area (Å²) in [7, 11) is 3.64. The van der Waals surface area contributed by atoms with Crippen LogP contribution in [0.4, 0.5) is 25.3 Å². The zero-order chi connectivity index (χ0) is 22.5. The molecule has 1 aromatic carbocycles. The molecule has 0 unspecified atom stereocenters. The summed E-state index contributed by atoms with van der Waals surface area (Å²) in [6.07, 6.45) is 2.22. The Bertz CT molecular complexity index is 1090. The fourth-order valence-corrected chi connectivity index (χ4v) is 2.97. The van der Waals surface area contributed by atoms with Crippen molar-refractivity contribution < 1.29 is 18.3 Å². The lowest BCUT2D eigenvalue weighted by molar-refractivity contribution is 0.143. The average Bonchev–Trinajstić information content (AvgIpc) is 3.15. The first kappa shape index (κ1) is 22.5. The number of nitrogens with zero attached hydrogens (tertiary/aromatic N) is 5. The molecule has 0 saturated heterocycles. The van der Waals surface area contributed by atoms with E-state index in [4.69, 9.17) is 22.1 Å². The summed E-state index contributed by atoms with van der Waals surface area (Å²) in [5, 5.41) is 1.80. The van der Waals surface area contributed by atoms with Gasteiger partial charge in [0, 0.05) is 32.7 Å². The van der Waals surface area contributed by atoms with Gasteiger partial charge < -0.3 is 25.3 Å².